The zero-order valence-electron chi connectivity index (χ0n) is 6.36. The Hall–Kier alpha value is -1.32. The molecule has 0 spiro atoms. The summed E-state index contributed by atoms with van der Waals surface area (Å²) in [6.45, 7) is 1.50. The zero-order valence-corrected chi connectivity index (χ0v) is 6.36. The van der Waals surface area contributed by atoms with Crippen molar-refractivity contribution in [1.82, 2.24) is 0 Å². The highest BCUT2D eigenvalue weighted by Gasteiger charge is 2.22. The quantitative estimate of drug-likeness (QED) is 0.595. The lowest BCUT2D eigenvalue weighted by molar-refractivity contribution is 0.123. The van der Waals surface area contributed by atoms with Gasteiger partial charge in [-0.3, -0.25) is 0 Å². The summed E-state index contributed by atoms with van der Waals surface area (Å²) >= 11 is 0. The van der Waals surface area contributed by atoms with Crippen molar-refractivity contribution in [3.05, 3.63) is 23.3 Å². The molecule has 0 radical (unpaired) electrons. The molecule has 1 aromatic carbocycles. The number of halogens is 2. The van der Waals surface area contributed by atoms with E-state index in [1.165, 1.54) is 6.07 Å². The zero-order chi connectivity index (χ0) is 8.72. The second-order valence-corrected chi connectivity index (χ2v) is 2.56. The third kappa shape index (κ3) is 0.841. The summed E-state index contributed by atoms with van der Waals surface area (Å²) in [4.78, 5) is 0. The van der Waals surface area contributed by atoms with Crippen LogP contribution in [0.1, 0.15) is 5.56 Å². The van der Waals surface area contributed by atoms with Crippen molar-refractivity contribution in [2.45, 2.75) is 6.92 Å². The molecule has 4 heteroatoms. The van der Waals surface area contributed by atoms with E-state index in [0.29, 0.717) is 5.56 Å². The van der Waals surface area contributed by atoms with Crippen LogP contribution < -0.4 is 9.47 Å². The number of aryl methyl sites for hydroxylation is 1. The van der Waals surface area contributed by atoms with Gasteiger partial charge in [-0.25, -0.2) is 0 Å². The fourth-order valence-electron chi connectivity index (χ4n) is 1.14. The van der Waals surface area contributed by atoms with Crippen LogP contribution in [0.25, 0.3) is 0 Å². The molecule has 0 saturated heterocycles. The molecular formula is C8H6F2O2. The summed E-state index contributed by atoms with van der Waals surface area (Å²) in [5.41, 5.74) is 0.543. The molecule has 2 heterocycles. The number of ether oxygens (including phenoxy) is 2. The third-order valence-corrected chi connectivity index (χ3v) is 1.73. The topological polar surface area (TPSA) is 18.5 Å². The van der Waals surface area contributed by atoms with E-state index in [0.717, 1.165) is 0 Å². The van der Waals surface area contributed by atoms with Crippen molar-refractivity contribution in [2.75, 3.05) is 6.79 Å². The largest absolute Gasteiger partial charge is 0.454 e. The fourth-order valence-corrected chi connectivity index (χ4v) is 1.14. The Morgan fingerprint density at radius 1 is 1.25 bits per heavy atom. The Bertz CT molecular complexity index is 336. The van der Waals surface area contributed by atoms with E-state index in [2.05, 4.69) is 0 Å². The second kappa shape index (κ2) is 2.33. The Balaban J connectivity index is 2.74. The molecule has 1 aromatic rings. The molecule has 0 aliphatic carbocycles. The van der Waals surface area contributed by atoms with E-state index in [4.69, 9.17) is 9.47 Å². The number of rotatable bonds is 0. The summed E-state index contributed by atoms with van der Waals surface area (Å²) in [6, 6.07) is 1.42. The van der Waals surface area contributed by atoms with E-state index in [1.807, 2.05) is 0 Å². The Kier molecular flexibility index (Phi) is 1.43. The first-order chi connectivity index (χ1) is 5.70. The van der Waals surface area contributed by atoms with Crippen LogP contribution in [0.15, 0.2) is 6.07 Å². The van der Waals surface area contributed by atoms with Crippen LogP contribution in [0.3, 0.4) is 0 Å². The van der Waals surface area contributed by atoms with Gasteiger partial charge in [0, 0.05) is 0 Å². The first kappa shape index (κ1) is 7.34. The molecule has 0 amide bonds. The summed E-state index contributed by atoms with van der Waals surface area (Å²) in [5, 5.41) is 0. The maximum absolute atomic E-state index is 13.0. The predicted octanol–water partition coefficient (Wildman–Crippen LogP) is 2.00. The van der Waals surface area contributed by atoms with Crippen LogP contribution >= 0.6 is 0 Å². The van der Waals surface area contributed by atoms with Crippen LogP contribution in [-0.2, 0) is 0 Å². The first-order valence-electron chi connectivity index (χ1n) is 3.44. The molecule has 0 saturated carbocycles. The van der Waals surface area contributed by atoms with E-state index < -0.39 is 11.6 Å². The normalized spacial score (nSPS) is 13.6. The van der Waals surface area contributed by atoms with Gasteiger partial charge >= 0.3 is 0 Å². The Morgan fingerprint density at radius 3 is 2.75 bits per heavy atom. The molecule has 2 aliphatic heterocycles. The molecule has 2 nitrogen and oxygen atoms in total. The minimum absolute atomic E-state index is 0.0613. The van der Waals surface area contributed by atoms with Crippen molar-refractivity contribution >= 4 is 0 Å². The lowest BCUT2D eigenvalue weighted by Crippen LogP contribution is -2.01. The van der Waals surface area contributed by atoms with Gasteiger partial charge < -0.3 is 9.47 Å². The lowest BCUT2D eigenvalue weighted by atomic mass is 10.2. The van der Waals surface area contributed by atoms with Crippen molar-refractivity contribution in [2.24, 2.45) is 0 Å². The lowest BCUT2D eigenvalue weighted by Gasteiger charge is -2.01. The van der Waals surface area contributed by atoms with Gasteiger partial charge in [-0.1, -0.05) is 0 Å². The van der Waals surface area contributed by atoms with Crippen molar-refractivity contribution < 1.29 is 18.3 Å². The minimum atomic E-state index is -0.979. The maximum Gasteiger partial charge on any atom is 0.231 e. The average Bonchev–Trinajstić information content (AvgIpc) is 2.29. The maximum atomic E-state index is 13.0. The molecule has 12 heavy (non-hydrogen) atoms. The van der Waals surface area contributed by atoms with Crippen molar-refractivity contribution in [1.29, 1.82) is 0 Å². The van der Waals surface area contributed by atoms with Gasteiger partial charge in [0.05, 0.1) is 0 Å². The molecule has 3 rings (SSSR count). The van der Waals surface area contributed by atoms with E-state index in [-0.39, 0.29) is 18.3 Å². The Labute approximate surface area is 67.7 Å². The molecule has 0 atom stereocenters. The summed E-state index contributed by atoms with van der Waals surface area (Å²) < 4.78 is 35.5. The molecule has 0 fully saturated rings. The minimum Gasteiger partial charge on any atom is -0.454 e. The van der Waals surface area contributed by atoms with E-state index in [9.17, 15) is 8.78 Å². The number of benzene rings is 1. The molecule has 2 aliphatic rings. The molecule has 0 unspecified atom stereocenters. The monoisotopic (exact) mass is 172 g/mol. The highest BCUT2D eigenvalue weighted by molar-refractivity contribution is 5.43. The van der Waals surface area contributed by atoms with Crippen LogP contribution in [0, 0.1) is 18.6 Å². The smallest absolute Gasteiger partial charge is 0.231 e. The van der Waals surface area contributed by atoms with Crippen LogP contribution in [-0.4, -0.2) is 6.79 Å². The first-order valence-corrected chi connectivity index (χ1v) is 3.44. The SMILES string of the molecule is Cc1cc2c(F)c(F)c1OCO2. The average molecular weight is 172 g/mol. The second-order valence-electron chi connectivity index (χ2n) is 2.56. The number of fused-ring (bicyclic) bond motifs is 4. The fraction of sp³-hybridized carbons (Fsp3) is 0.250. The summed E-state index contributed by atoms with van der Waals surface area (Å²) in [5.74, 6) is -2.10. The third-order valence-electron chi connectivity index (χ3n) is 1.73. The molecule has 2 bridgehead atoms. The standard InChI is InChI=1S/C8H6F2O2/c1-4-2-5-6(9)7(10)8(4)12-3-11-5/h2H,3H2,1H3. The van der Waals surface area contributed by atoms with Crippen LogP contribution in [0.2, 0.25) is 0 Å². The van der Waals surface area contributed by atoms with E-state index in [1.54, 1.807) is 6.92 Å². The van der Waals surface area contributed by atoms with Crippen molar-refractivity contribution in [3.63, 3.8) is 0 Å². The highest BCUT2D eigenvalue weighted by atomic mass is 19.2. The molecule has 0 N–H and O–H groups in total. The van der Waals surface area contributed by atoms with Gasteiger partial charge in [0.2, 0.25) is 18.4 Å². The van der Waals surface area contributed by atoms with Crippen LogP contribution in [0.4, 0.5) is 8.78 Å². The summed E-state index contributed by atoms with van der Waals surface area (Å²) in [6.07, 6.45) is 0. The van der Waals surface area contributed by atoms with Gasteiger partial charge in [-0.15, -0.1) is 0 Å². The molecule has 0 aromatic heterocycles. The van der Waals surface area contributed by atoms with Gasteiger partial charge in [-0.2, -0.15) is 8.78 Å². The predicted molar refractivity (Wildman–Crippen MR) is 37.2 cm³/mol. The Morgan fingerprint density at radius 2 is 2.00 bits per heavy atom. The van der Waals surface area contributed by atoms with Gasteiger partial charge in [0.15, 0.2) is 11.5 Å². The highest BCUT2D eigenvalue weighted by Crippen LogP contribution is 2.33. The van der Waals surface area contributed by atoms with Gasteiger partial charge in [-0.05, 0) is 18.6 Å². The van der Waals surface area contributed by atoms with Crippen molar-refractivity contribution in [3.8, 4) is 11.5 Å². The van der Waals surface area contributed by atoms with E-state index >= 15 is 0 Å². The number of hydrogen-bond acceptors (Lipinski definition) is 2. The van der Waals surface area contributed by atoms with Gasteiger partial charge in [0.25, 0.3) is 0 Å². The summed E-state index contributed by atoms with van der Waals surface area (Å²) in [7, 11) is 0. The molecular weight excluding hydrogens is 166 g/mol. The van der Waals surface area contributed by atoms with Crippen LogP contribution in [0.5, 0.6) is 11.5 Å². The molecule has 64 valence electrons. The van der Waals surface area contributed by atoms with Gasteiger partial charge in [0.1, 0.15) is 0 Å². The number of hydrogen-bond donors (Lipinski definition) is 0.